The molecule has 0 aliphatic carbocycles. The van der Waals surface area contributed by atoms with Crippen molar-refractivity contribution in [3.63, 3.8) is 0 Å². The number of piperazine rings is 1. The zero-order valence-corrected chi connectivity index (χ0v) is 19.0. The van der Waals surface area contributed by atoms with Gasteiger partial charge in [0.05, 0.1) is 16.8 Å². The van der Waals surface area contributed by atoms with Gasteiger partial charge in [-0.2, -0.15) is 0 Å². The van der Waals surface area contributed by atoms with Gasteiger partial charge in [0.1, 0.15) is 0 Å². The number of amides is 2. The van der Waals surface area contributed by atoms with E-state index in [9.17, 15) is 19.2 Å². The van der Waals surface area contributed by atoms with Crippen LogP contribution >= 0.6 is 0 Å². The Kier molecular flexibility index (Phi) is 5.74. The van der Waals surface area contributed by atoms with E-state index in [2.05, 4.69) is 15.0 Å². The van der Waals surface area contributed by atoms with Crippen LogP contribution in [-0.4, -0.2) is 68.0 Å². The molecule has 1 atom stereocenters. The number of nitrogens with zero attached hydrogens (tertiary/aromatic N) is 3. The first kappa shape index (κ1) is 22.3. The lowest BCUT2D eigenvalue weighted by molar-refractivity contribution is -0.130. The summed E-state index contributed by atoms with van der Waals surface area (Å²) in [7, 11) is 0. The zero-order valence-electron chi connectivity index (χ0n) is 19.0. The quantitative estimate of drug-likeness (QED) is 0.352. The third-order valence-electron chi connectivity index (χ3n) is 6.29. The van der Waals surface area contributed by atoms with Crippen LogP contribution < -0.4 is 5.56 Å². The molecule has 176 valence electrons. The summed E-state index contributed by atoms with van der Waals surface area (Å²) in [6.07, 6.45) is 4.63. The number of carbonyl (C=O) groups excluding carboxylic acids is 3. The summed E-state index contributed by atoms with van der Waals surface area (Å²) in [6, 6.07) is 13.4. The Balaban J connectivity index is 1.35. The highest BCUT2D eigenvalue weighted by atomic mass is 16.2. The molecule has 0 spiro atoms. The van der Waals surface area contributed by atoms with E-state index in [1.165, 1.54) is 17.2 Å². The average molecular weight is 470 g/mol. The van der Waals surface area contributed by atoms with E-state index in [4.69, 9.17) is 0 Å². The lowest BCUT2D eigenvalue weighted by atomic mass is 10.0. The first-order chi connectivity index (χ1) is 16.9. The molecular weight excluding hydrogens is 446 g/mol. The van der Waals surface area contributed by atoms with Gasteiger partial charge in [0.25, 0.3) is 17.6 Å². The van der Waals surface area contributed by atoms with Crippen molar-refractivity contribution in [2.24, 2.45) is 0 Å². The number of hydrogen-bond donors (Lipinski definition) is 2. The second kappa shape index (κ2) is 9.02. The number of benzene rings is 1. The Hall–Kier alpha value is -4.53. The van der Waals surface area contributed by atoms with Crippen LogP contribution in [0.4, 0.5) is 0 Å². The van der Waals surface area contributed by atoms with Crippen LogP contribution in [0, 0.1) is 0 Å². The van der Waals surface area contributed by atoms with Gasteiger partial charge in [0, 0.05) is 66.8 Å². The number of carbonyl (C=O) groups is 3. The van der Waals surface area contributed by atoms with Gasteiger partial charge < -0.3 is 19.8 Å². The van der Waals surface area contributed by atoms with Crippen molar-refractivity contribution in [3.8, 4) is 11.3 Å². The molecule has 9 heteroatoms. The van der Waals surface area contributed by atoms with Crippen molar-refractivity contribution in [1.29, 1.82) is 0 Å². The smallest absolute Gasteiger partial charge is 0.295 e. The Morgan fingerprint density at radius 2 is 1.77 bits per heavy atom. The van der Waals surface area contributed by atoms with Crippen LogP contribution in [0.2, 0.25) is 0 Å². The van der Waals surface area contributed by atoms with E-state index >= 15 is 0 Å². The summed E-state index contributed by atoms with van der Waals surface area (Å²) in [5.41, 5.74) is 2.46. The molecule has 1 fully saturated rings. The van der Waals surface area contributed by atoms with Gasteiger partial charge in [0.2, 0.25) is 5.56 Å². The van der Waals surface area contributed by atoms with E-state index in [0.717, 1.165) is 0 Å². The average Bonchev–Trinajstić information content (AvgIpc) is 3.33. The molecule has 1 saturated heterocycles. The first-order valence-corrected chi connectivity index (χ1v) is 11.3. The Labute approximate surface area is 200 Å². The molecule has 3 aromatic heterocycles. The molecular formula is C26H23N5O4. The molecule has 35 heavy (non-hydrogen) atoms. The van der Waals surface area contributed by atoms with Crippen molar-refractivity contribution in [2.75, 3.05) is 19.6 Å². The number of pyridine rings is 2. The predicted molar refractivity (Wildman–Crippen MR) is 130 cm³/mol. The number of aromatic nitrogens is 3. The highest BCUT2D eigenvalue weighted by molar-refractivity contribution is 6.45. The number of H-pyrrole nitrogens is 2. The van der Waals surface area contributed by atoms with Gasteiger partial charge in [-0.15, -0.1) is 0 Å². The summed E-state index contributed by atoms with van der Waals surface area (Å²) in [6.45, 7) is 2.81. The summed E-state index contributed by atoms with van der Waals surface area (Å²) >= 11 is 0. The Morgan fingerprint density at radius 1 is 0.971 bits per heavy atom. The largest absolute Gasteiger partial charge is 0.359 e. The Morgan fingerprint density at radius 3 is 2.49 bits per heavy atom. The lowest BCUT2D eigenvalue weighted by Gasteiger charge is -2.39. The van der Waals surface area contributed by atoms with Crippen LogP contribution in [0.3, 0.4) is 0 Å². The van der Waals surface area contributed by atoms with Crippen molar-refractivity contribution in [2.45, 2.75) is 13.0 Å². The summed E-state index contributed by atoms with van der Waals surface area (Å²) in [5, 5.41) is 0.574. The fraction of sp³-hybridized carbons (Fsp3) is 0.192. The highest BCUT2D eigenvalue weighted by Crippen LogP contribution is 2.28. The van der Waals surface area contributed by atoms with Crippen molar-refractivity contribution < 1.29 is 14.4 Å². The van der Waals surface area contributed by atoms with Gasteiger partial charge in [0.15, 0.2) is 0 Å². The molecule has 1 aliphatic rings. The predicted octanol–water partition coefficient (Wildman–Crippen LogP) is 2.47. The van der Waals surface area contributed by atoms with Crippen LogP contribution in [0.25, 0.3) is 22.2 Å². The molecule has 0 bridgehead atoms. The van der Waals surface area contributed by atoms with Gasteiger partial charge in [-0.05, 0) is 31.2 Å². The molecule has 0 saturated carbocycles. The second-order valence-electron chi connectivity index (χ2n) is 8.52. The van der Waals surface area contributed by atoms with Gasteiger partial charge >= 0.3 is 0 Å². The van der Waals surface area contributed by atoms with Crippen molar-refractivity contribution >= 4 is 28.5 Å². The summed E-state index contributed by atoms with van der Waals surface area (Å²) in [5.74, 6) is -1.31. The van der Waals surface area contributed by atoms with Gasteiger partial charge in [-0.1, -0.05) is 18.2 Å². The minimum absolute atomic E-state index is 0.0882. The first-order valence-electron chi connectivity index (χ1n) is 11.3. The molecule has 0 unspecified atom stereocenters. The number of ketones is 1. The van der Waals surface area contributed by atoms with Gasteiger partial charge in [-0.3, -0.25) is 24.2 Å². The monoisotopic (exact) mass is 469 g/mol. The normalized spacial score (nSPS) is 15.9. The minimum Gasteiger partial charge on any atom is -0.359 e. The van der Waals surface area contributed by atoms with E-state index in [1.807, 2.05) is 25.1 Å². The molecule has 4 aromatic rings. The summed E-state index contributed by atoms with van der Waals surface area (Å²) in [4.78, 5) is 63.9. The molecule has 2 N–H and O–H groups in total. The third kappa shape index (κ3) is 4.12. The van der Waals surface area contributed by atoms with Crippen molar-refractivity contribution in [1.82, 2.24) is 24.8 Å². The minimum atomic E-state index is -0.621. The number of Topliss-reactive ketones (excluding diaryl/α,β-unsaturated/α-hetero) is 1. The number of hydrogen-bond acceptors (Lipinski definition) is 5. The molecule has 0 radical (unpaired) electrons. The molecule has 4 heterocycles. The van der Waals surface area contributed by atoms with E-state index in [1.54, 1.807) is 41.6 Å². The topological polar surface area (TPSA) is 119 Å². The highest BCUT2D eigenvalue weighted by Gasteiger charge is 2.34. The van der Waals surface area contributed by atoms with Crippen LogP contribution in [0.1, 0.15) is 27.6 Å². The standard InChI is InChI=1S/C26H23N5O4/c1-16-15-30(25(34)17-5-3-2-4-6-17)11-12-31(16)26(35)24(33)20-14-29-23-19(20)9-10-27-22(23)18-7-8-21(32)28-13-18/h2-10,13-14,16,29H,11-12,15H2,1H3,(H,28,32)/t16-/m1/s1. The third-order valence-corrected chi connectivity index (χ3v) is 6.29. The van der Waals surface area contributed by atoms with E-state index in [-0.39, 0.29) is 29.6 Å². The van der Waals surface area contributed by atoms with Crippen LogP contribution in [0.5, 0.6) is 0 Å². The Bertz CT molecular complexity index is 1470. The lowest BCUT2D eigenvalue weighted by Crippen LogP contribution is -2.56. The fourth-order valence-corrected chi connectivity index (χ4v) is 4.47. The second-order valence-corrected chi connectivity index (χ2v) is 8.52. The summed E-state index contributed by atoms with van der Waals surface area (Å²) < 4.78 is 0. The number of aromatic amines is 2. The molecule has 9 nitrogen and oxygen atoms in total. The fourth-order valence-electron chi connectivity index (χ4n) is 4.47. The van der Waals surface area contributed by atoms with E-state index < -0.39 is 11.7 Å². The molecule has 1 aliphatic heterocycles. The number of rotatable bonds is 4. The maximum atomic E-state index is 13.2. The number of nitrogens with one attached hydrogen (secondary N) is 2. The molecule has 1 aromatic carbocycles. The van der Waals surface area contributed by atoms with Crippen LogP contribution in [0.15, 0.2) is 71.9 Å². The van der Waals surface area contributed by atoms with E-state index in [0.29, 0.717) is 40.8 Å². The van der Waals surface area contributed by atoms with Crippen molar-refractivity contribution in [3.05, 3.63) is 88.6 Å². The zero-order chi connectivity index (χ0) is 24.5. The molecule has 5 rings (SSSR count). The maximum Gasteiger partial charge on any atom is 0.295 e. The molecule has 2 amide bonds. The SMILES string of the molecule is C[C@@H]1CN(C(=O)c2ccccc2)CCN1C(=O)C(=O)c1c[nH]c2c(-c3ccc(=O)[nH]c3)nccc12. The van der Waals surface area contributed by atoms with Gasteiger partial charge in [-0.25, -0.2) is 0 Å². The maximum absolute atomic E-state index is 13.2. The number of fused-ring (bicyclic) bond motifs is 1. The van der Waals surface area contributed by atoms with Crippen LogP contribution in [-0.2, 0) is 4.79 Å².